The number of aryl methyl sites for hydroxylation is 1. The molecule has 2 aromatic heterocycles. The molecule has 0 amide bonds. The third-order valence-corrected chi connectivity index (χ3v) is 4.61. The zero-order chi connectivity index (χ0) is 17.8. The smallest absolute Gasteiger partial charge is 0.305 e. The third kappa shape index (κ3) is 3.82. The maximum absolute atomic E-state index is 11.4. The van der Waals surface area contributed by atoms with Gasteiger partial charge in [-0.2, -0.15) is 0 Å². The zero-order valence-electron chi connectivity index (χ0n) is 14.3. The van der Waals surface area contributed by atoms with E-state index in [-0.39, 0.29) is 18.1 Å². The summed E-state index contributed by atoms with van der Waals surface area (Å²) in [6.45, 7) is 2.55. The van der Waals surface area contributed by atoms with E-state index in [1.807, 2.05) is 37.3 Å². The number of aromatic nitrogens is 1. The van der Waals surface area contributed by atoms with E-state index in [1.54, 1.807) is 6.20 Å². The molecule has 25 heavy (non-hydrogen) atoms. The molecule has 1 N–H and O–H groups in total. The van der Waals surface area contributed by atoms with Crippen LogP contribution in [0.15, 0.2) is 40.9 Å². The van der Waals surface area contributed by atoms with Crippen molar-refractivity contribution in [2.24, 2.45) is 0 Å². The van der Waals surface area contributed by atoms with Gasteiger partial charge in [0.15, 0.2) is 5.11 Å². The molecule has 0 saturated carbocycles. The number of ether oxygens (including phenoxy) is 1. The Labute approximate surface area is 152 Å². The van der Waals surface area contributed by atoms with Crippen LogP contribution in [0, 0.1) is 6.92 Å². The summed E-state index contributed by atoms with van der Waals surface area (Å²) in [6, 6.07) is 9.53. The van der Waals surface area contributed by atoms with Gasteiger partial charge < -0.3 is 19.4 Å². The average molecular weight is 359 g/mol. The standard InChI is InChI=1S/C18H21N3O3S/c1-12-8-9-14(24-12)17-16(13-6-3-4-10-19-13)20-18(25)21(17)11-5-7-15(22)23-2/h3-4,6,8-10,16-17H,5,7,11H2,1-2H3,(H,20,25)/t16-,17-/m0/s1. The Morgan fingerprint density at radius 1 is 1.40 bits per heavy atom. The molecule has 0 aliphatic carbocycles. The van der Waals surface area contributed by atoms with Crippen LogP contribution in [0.4, 0.5) is 0 Å². The van der Waals surface area contributed by atoms with Crippen molar-refractivity contribution >= 4 is 23.3 Å². The monoisotopic (exact) mass is 359 g/mol. The fourth-order valence-electron chi connectivity index (χ4n) is 3.06. The van der Waals surface area contributed by atoms with Crippen molar-refractivity contribution < 1.29 is 13.9 Å². The van der Waals surface area contributed by atoms with Crippen molar-refractivity contribution in [3.05, 3.63) is 53.7 Å². The molecular weight excluding hydrogens is 338 g/mol. The van der Waals surface area contributed by atoms with Crippen molar-refractivity contribution in [3.63, 3.8) is 0 Å². The van der Waals surface area contributed by atoms with E-state index >= 15 is 0 Å². The second kappa shape index (κ2) is 7.65. The Hall–Kier alpha value is -2.41. The van der Waals surface area contributed by atoms with Crippen LogP contribution in [0.25, 0.3) is 0 Å². The summed E-state index contributed by atoms with van der Waals surface area (Å²) >= 11 is 5.54. The average Bonchev–Trinajstić information content (AvgIpc) is 3.19. The highest BCUT2D eigenvalue weighted by atomic mass is 32.1. The van der Waals surface area contributed by atoms with E-state index in [4.69, 9.17) is 21.4 Å². The number of nitrogens with zero attached hydrogens (tertiary/aromatic N) is 2. The molecule has 3 heterocycles. The number of esters is 1. The fraction of sp³-hybridized carbons (Fsp3) is 0.389. The molecule has 0 spiro atoms. The molecule has 1 aliphatic rings. The van der Waals surface area contributed by atoms with E-state index in [9.17, 15) is 4.79 Å². The van der Waals surface area contributed by atoms with Gasteiger partial charge in [-0.05, 0) is 49.8 Å². The molecule has 6 nitrogen and oxygen atoms in total. The summed E-state index contributed by atoms with van der Waals surface area (Å²) in [7, 11) is 1.40. The number of hydrogen-bond acceptors (Lipinski definition) is 5. The van der Waals surface area contributed by atoms with Gasteiger partial charge in [0.2, 0.25) is 0 Å². The number of rotatable bonds is 6. The number of thiocarbonyl (C=S) groups is 1. The van der Waals surface area contributed by atoms with Crippen LogP contribution in [0.3, 0.4) is 0 Å². The van der Waals surface area contributed by atoms with Crippen molar-refractivity contribution in [1.82, 2.24) is 15.2 Å². The molecule has 1 aliphatic heterocycles. The van der Waals surface area contributed by atoms with Gasteiger partial charge in [-0.15, -0.1) is 0 Å². The molecule has 3 rings (SSSR count). The van der Waals surface area contributed by atoms with Crippen LogP contribution in [-0.2, 0) is 9.53 Å². The number of methoxy groups -OCH3 is 1. The largest absolute Gasteiger partial charge is 0.469 e. The second-order valence-electron chi connectivity index (χ2n) is 5.95. The van der Waals surface area contributed by atoms with Gasteiger partial charge in [-0.25, -0.2) is 0 Å². The number of carbonyl (C=O) groups excluding carboxylic acids is 1. The quantitative estimate of drug-likeness (QED) is 0.628. The fourth-order valence-corrected chi connectivity index (χ4v) is 3.40. The molecule has 0 radical (unpaired) electrons. The molecule has 0 unspecified atom stereocenters. The Kier molecular flexibility index (Phi) is 5.33. The summed E-state index contributed by atoms with van der Waals surface area (Å²) in [4.78, 5) is 17.9. The minimum Gasteiger partial charge on any atom is -0.469 e. The van der Waals surface area contributed by atoms with E-state index in [0.717, 1.165) is 17.2 Å². The molecule has 132 valence electrons. The zero-order valence-corrected chi connectivity index (χ0v) is 15.1. The Morgan fingerprint density at radius 3 is 2.88 bits per heavy atom. The lowest BCUT2D eigenvalue weighted by Gasteiger charge is -2.25. The van der Waals surface area contributed by atoms with Crippen molar-refractivity contribution in [2.45, 2.75) is 31.8 Å². The number of carbonyl (C=O) groups is 1. The number of hydrogen-bond donors (Lipinski definition) is 1. The summed E-state index contributed by atoms with van der Waals surface area (Å²) in [5.74, 6) is 1.46. The van der Waals surface area contributed by atoms with Gasteiger partial charge in [0, 0.05) is 19.2 Å². The molecule has 2 atom stereocenters. The molecule has 1 fully saturated rings. The first-order chi connectivity index (χ1) is 12.1. The summed E-state index contributed by atoms with van der Waals surface area (Å²) < 4.78 is 10.6. The van der Waals surface area contributed by atoms with E-state index in [0.29, 0.717) is 24.5 Å². The molecule has 7 heteroatoms. The topological polar surface area (TPSA) is 67.6 Å². The molecular formula is C18H21N3O3S. The van der Waals surface area contributed by atoms with Crippen LogP contribution in [0.1, 0.15) is 42.1 Å². The van der Waals surface area contributed by atoms with Gasteiger partial charge in [-0.3, -0.25) is 9.78 Å². The van der Waals surface area contributed by atoms with E-state index < -0.39 is 0 Å². The van der Waals surface area contributed by atoms with Gasteiger partial charge >= 0.3 is 5.97 Å². The summed E-state index contributed by atoms with van der Waals surface area (Å²) in [5, 5.41) is 3.99. The predicted octanol–water partition coefficient (Wildman–Crippen LogP) is 2.91. The maximum Gasteiger partial charge on any atom is 0.305 e. The molecule has 0 aromatic carbocycles. The lowest BCUT2D eigenvalue weighted by molar-refractivity contribution is -0.140. The van der Waals surface area contributed by atoms with Crippen LogP contribution < -0.4 is 5.32 Å². The lowest BCUT2D eigenvalue weighted by atomic mass is 10.0. The first kappa shape index (κ1) is 17.4. The van der Waals surface area contributed by atoms with Gasteiger partial charge in [0.25, 0.3) is 0 Å². The second-order valence-corrected chi connectivity index (χ2v) is 6.33. The highest BCUT2D eigenvalue weighted by molar-refractivity contribution is 7.80. The predicted molar refractivity (Wildman–Crippen MR) is 96.9 cm³/mol. The van der Waals surface area contributed by atoms with Crippen LogP contribution in [0.5, 0.6) is 0 Å². The lowest BCUT2D eigenvalue weighted by Crippen LogP contribution is -2.30. The van der Waals surface area contributed by atoms with Crippen molar-refractivity contribution in [1.29, 1.82) is 0 Å². The Morgan fingerprint density at radius 2 is 2.24 bits per heavy atom. The van der Waals surface area contributed by atoms with Gasteiger partial charge in [-0.1, -0.05) is 6.07 Å². The van der Waals surface area contributed by atoms with E-state index in [1.165, 1.54) is 7.11 Å². The number of furan rings is 1. The van der Waals surface area contributed by atoms with Gasteiger partial charge in [0.05, 0.1) is 18.8 Å². The summed E-state index contributed by atoms with van der Waals surface area (Å²) in [5.41, 5.74) is 0.902. The van der Waals surface area contributed by atoms with Crippen molar-refractivity contribution in [3.8, 4) is 0 Å². The maximum atomic E-state index is 11.4. The van der Waals surface area contributed by atoms with Crippen LogP contribution >= 0.6 is 12.2 Å². The van der Waals surface area contributed by atoms with Gasteiger partial charge in [0.1, 0.15) is 17.6 Å². The first-order valence-corrected chi connectivity index (χ1v) is 8.62. The highest BCUT2D eigenvalue weighted by Gasteiger charge is 2.41. The minimum atomic E-state index is -0.218. The first-order valence-electron chi connectivity index (χ1n) is 8.21. The molecule has 2 aromatic rings. The molecule has 1 saturated heterocycles. The minimum absolute atomic E-state index is 0.0997. The summed E-state index contributed by atoms with van der Waals surface area (Å²) in [6.07, 6.45) is 2.78. The third-order valence-electron chi connectivity index (χ3n) is 4.26. The van der Waals surface area contributed by atoms with E-state index in [2.05, 4.69) is 15.2 Å². The SMILES string of the molecule is COC(=O)CCCN1C(=S)N[C@@H](c2ccccn2)[C@@H]1c1ccc(C)o1. The Balaban J connectivity index is 1.85. The number of pyridine rings is 1. The Bertz CT molecular complexity index is 747. The van der Waals surface area contributed by atoms with Crippen LogP contribution in [-0.4, -0.2) is 34.6 Å². The van der Waals surface area contributed by atoms with Crippen LogP contribution in [0.2, 0.25) is 0 Å². The normalized spacial score (nSPS) is 19.8. The highest BCUT2D eigenvalue weighted by Crippen LogP contribution is 2.39. The van der Waals surface area contributed by atoms with Crippen molar-refractivity contribution in [2.75, 3.05) is 13.7 Å². The number of nitrogens with one attached hydrogen (secondary N) is 1. The molecule has 0 bridgehead atoms.